The van der Waals surface area contributed by atoms with Crippen LogP contribution in [-0.2, 0) is 0 Å². The average Bonchev–Trinajstić information content (AvgIpc) is 2.18. The Morgan fingerprint density at radius 2 is 2.36 bits per heavy atom. The van der Waals surface area contributed by atoms with Crippen molar-refractivity contribution in [3.05, 3.63) is 29.1 Å². The van der Waals surface area contributed by atoms with Gasteiger partial charge in [-0.1, -0.05) is 0 Å². The van der Waals surface area contributed by atoms with Crippen LogP contribution in [0.25, 0.3) is 0 Å². The summed E-state index contributed by atoms with van der Waals surface area (Å²) in [7, 11) is 0. The molecule has 1 atom stereocenters. The number of hydrogen-bond acceptors (Lipinski definition) is 3. The Morgan fingerprint density at radius 3 is 3.07 bits per heavy atom. The predicted molar refractivity (Wildman–Crippen MR) is 48.2 cm³/mol. The molecule has 0 unspecified atom stereocenters. The second-order valence-corrected chi connectivity index (χ2v) is 3.19. The highest BCUT2D eigenvalue weighted by atomic mass is 19.1. The highest BCUT2D eigenvalue weighted by molar-refractivity contribution is 5.46. The second kappa shape index (κ2) is 3.28. The summed E-state index contributed by atoms with van der Waals surface area (Å²) in [4.78, 5) is 0. The minimum absolute atomic E-state index is 0.0182. The third-order valence-electron chi connectivity index (χ3n) is 2.32. The van der Waals surface area contributed by atoms with Crippen LogP contribution in [0, 0.1) is 17.1 Å². The lowest BCUT2D eigenvalue weighted by molar-refractivity contribution is 0.263. The summed E-state index contributed by atoms with van der Waals surface area (Å²) in [6.07, 6.45) is 0.582. The molecule has 1 aliphatic rings. The summed E-state index contributed by atoms with van der Waals surface area (Å²) < 4.78 is 18.9. The molecule has 0 aromatic heterocycles. The zero-order valence-electron chi connectivity index (χ0n) is 7.46. The van der Waals surface area contributed by atoms with Gasteiger partial charge >= 0.3 is 0 Å². The number of nitrogens with zero attached hydrogens (tertiary/aromatic N) is 1. The summed E-state index contributed by atoms with van der Waals surface area (Å²) >= 11 is 0. The van der Waals surface area contributed by atoms with Crippen LogP contribution in [-0.4, -0.2) is 6.61 Å². The topological polar surface area (TPSA) is 59.0 Å². The van der Waals surface area contributed by atoms with Crippen LogP contribution in [0.2, 0.25) is 0 Å². The molecule has 2 N–H and O–H groups in total. The molecule has 0 fully saturated rings. The van der Waals surface area contributed by atoms with Crippen molar-refractivity contribution < 1.29 is 9.13 Å². The van der Waals surface area contributed by atoms with Gasteiger partial charge in [0.15, 0.2) is 0 Å². The summed E-state index contributed by atoms with van der Waals surface area (Å²) in [5, 5.41) is 8.63. The molecular formula is C10H9FN2O. The molecule has 1 aromatic carbocycles. The second-order valence-electron chi connectivity index (χ2n) is 3.19. The number of ether oxygens (including phenoxy) is 1. The molecule has 1 aromatic rings. The molecule has 0 bridgehead atoms. The van der Waals surface area contributed by atoms with E-state index in [1.807, 2.05) is 0 Å². The fraction of sp³-hybridized carbons (Fsp3) is 0.300. The monoisotopic (exact) mass is 192 g/mol. The zero-order chi connectivity index (χ0) is 10.1. The zero-order valence-corrected chi connectivity index (χ0v) is 7.46. The Labute approximate surface area is 80.9 Å². The average molecular weight is 192 g/mol. The number of hydrogen-bond donors (Lipinski definition) is 1. The van der Waals surface area contributed by atoms with Crippen LogP contribution in [0.4, 0.5) is 4.39 Å². The minimum atomic E-state index is -0.544. The van der Waals surface area contributed by atoms with E-state index in [0.717, 1.165) is 0 Å². The van der Waals surface area contributed by atoms with E-state index >= 15 is 0 Å². The number of fused-ring (bicyclic) bond motifs is 1. The lowest BCUT2D eigenvalue weighted by atomic mass is 9.98. The van der Waals surface area contributed by atoms with Crippen molar-refractivity contribution in [1.29, 1.82) is 5.26 Å². The van der Waals surface area contributed by atoms with E-state index < -0.39 is 5.82 Å². The molecule has 1 heterocycles. The Hall–Kier alpha value is -1.60. The maximum Gasteiger partial charge on any atom is 0.149 e. The van der Waals surface area contributed by atoms with E-state index in [9.17, 15) is 4.39 Å². The lowest BCUT2D eigenvalue weighted by Gasteiger charge is -2.23. The first-order valence-corrected chi connectivity index (χ1v) is 4.35. The number of nitriles is 1. The predicted octanol–water partition coefficient (Wildman–Crippen LogP) is 1.48. The van der Waals surface area contributed by atoms with Crippen LogP contribution in [0.1, 0.15) is 23.6 Å². The summed E-state index contributed by atoms with van der Waals surface area (Å²) in [5.41, 5.74) is 6.09. The van der Waals surface area contributed by atoms with Gasteiger partial charge in [-0.15, -0.1) is 0 Å². The van der Waals surface area contributed by atoms with Gasteiger partial charge in [0.05, 0.1) is 12.2 Å². The van der Waals surface area contributed by atoms with E-state index in [0.29, 0.717) is 24.3 Å². The summed E-state index contributed by atoms with van der Waals surface area (Å²) in [5.74, 6) is -0.0857. The molecule has 1 aliphatic heterocycles. The Morgan fingerprint density at radius 1 is 1.57 bits per heavy atom. The van der Waals surface area contributed by atoms with Crippen molar-refractivity contribution in [2.45, 2.75) is 12.5 Å². The number of halogens is 1. The molecule has 0 saturated carbocycles. The van der Waals surface area contributed by atoms with Gasteiger partial charge in [0.1, 0.15) is 17.6 Å². The van der Waals surface area contributed by atoms with Crippen molar-refractivity contribution in [2.75, 3.05) is 6.61 Å². The van der Waals surface area contributed by atoms with Crippen LogP contribution in [0.3, 0.4) is 0 Å². The van der Waals surface area contributed by atoms with Gasteiger partial charge in [0, 0.05) is 18.0 Å². The van der Waals surface area contributed by atoms with E-state index in [-0.39, 0.29) is 11.6 Å². The molecule has 72 valence electrons. The van der Waals surface area contributed by atoms with E-state index in [2.05, 4.69) is 0 Å². The SMILES string of the molecule is N#Cc1ccc2c(c1F)[C@@H](N)CCO2. The third-order valence-corrected chi connectivity index (χ3v) is 2.32. The Bertz CT molecular complexity index is 411. The first-order chi connectivity index (χ1) is 6.74. The van der Waals surface area contributed by atoms with Gasteiger partial charge in [-0.2, -0.15) is 5.26 Å². The quantitative estimate of drug-likeness (QED) is 0.677. The normalized spacial score (nSPS) is 19.4. The fourth-order valence-corrected chi connectivity index (χ4v) is 1.57. The maximum atomic E-state index is 13.6. The maximum absolute atomic E-state index is 13.6. The number of rotatable bonds is 0. The molecule has 3 nitrogen and oxygen atoms in total. The van der Waals surface area contributed by atoms with Crippen molar-refractivity contribution in [1.82, 2.24) is 0 Å². The molecule has 0 saturated heterocycles. The highest BCUT2D eigenvalue weighted by Crippen LogP contribution is 2.33. The van der Waals surface area contributed by atoms with Gasteiger partial charge in [-0.25, -0.2) is 4.39 Å². The van der Waals surface area contributed by atoms with Gasteiger partial charge in [-0.3, -0.25) is 0 Å². The van der Waals surface area contributed by atoms with E-state index in [4.69, 9.17) is 15.7 Å². The van der Waals surface area contributed by atoms with Crippen LogP contribution in [0.15, 0.2) is 12.1 Å². The smallest absolute Gasteiger partial charge is 0.149 e. The van der Waals surface area contributed by atoms with Crippen LogP contribution < -0.4 is 10.5 Å². The molecule has 14 heavy (non-hydrogen) atoms. The first-order valence-electron chi connectivity index (χ1n) is 4.35. The summed E-state index contributed by atoms with van der Waals surface area (Å²) in [6.45, 7) is 0.500. The largest absolute Gasteiger partial charge is 0.493 e. The first kappa shape index (κ1) is 8.97. The van der Waals surface area contributed by atoms with Crippen LogP contribution >= 0.6 is 0 Å². The van der Waals surface area contributed by atoms with Crippen molar-refractivity contribution in [3.8, 4) is 11.8 Å². The molecule has 0 aliphatic carbocycles. The van der Waals surface area contributed by atoms with Gasteiger partial charge < -0.3 is 10.5 Å². The molecule has 0 amide bonds. The van der Waals surface area contributed by atoms with Gasteiger partial charge in [0.2, 0.25) is 0 Å². The summed E-state index contributed by atoms with van der Waals surface area (Å²) in [6, 6.07) is 4.41. The number of nitrogens with two attached hydrogens (primary N) is 1. The van der Waals surface area contributed by atoms with Crippen LogP contribution in [0.5, 0.6) is 5.75 Å². The molecular weight excluding hydrogens is 183 g/mol. The van der Waals surface area contributed by atoms with Gasteiger partial charge in [-0.05, 0) is 12.1 Å². The lowest BCUT2D eigenvalue weighted by Crippen LogP contribution is -2.22. The van der Waals surface area contributed by atoms with E-state index in [1.165, 1.54) is 6.07 Å². The highest BCUT2D eigenvalue weighted by Gasteiger charge is 2.23. The Balaban J connectivity index is 2.61. The molecule has 2 rings (SSSR count). The van der Waals surface area contributed by atoms with Crippen molar-refractivity contribution >= 4 is 0 Å². The minimum Gasteiger partial charge on any atom is -0.493 e. The fourth-order valence-electron chi connectivity index (χ4n) is 1.57. The Kier molecular flexibility index (Phi) is 2.10. The third kappa shape index (κ3) is 1.22. The molecule has 0 radical (unpaired) electrons. The molecule has 4 heteroatoms. The number of benzene rings is 1. The van der Waals surface area contributed by atoms with Crippen molar-refractivity contribution in [3.63, 3.8) is 0 Å². The van der Waals surface area contributed by atoms with E-state index in [1.54, 1.807) is 12.1 Å². The van der Waals surface area contributed by atoms with Crippen molar-refractivity contribution in [2.24, 2.45) is 5.73 Å². The molecule has 0 spiro atoms. The standard InChI is InChI=1S/C10H9FN2O/c11-10-6(5-12)1-2-8-9(10)7(13)3-4-14-8/h1-2,7H,3-4,13H2/t7-/m0/s1. The van der Waals surface area contributed by atoms with Gasteiger partial charge in [0.25, 0.3) is 0 Å².